The summed E-state index contributed by atoms with van der Waals surface area (Å²) in [6, 6.07) is 6.69. The van der Waals surface area contributed by atoms with Crippen LogP contribution < -0.4 is 0 Å². The zero-order valence-corrected chi connectivity index (χ0v) is 14.6. The highest BCUT2D eigenvalue weighted by Gasteiger charge is 2.40. The Hall–Kier alpha value is -0.740. The summed E-state index contributed by atoms with van der Waals surface area (Å²) in [5.41, 5.74) is 0.992. The molecule has 0 radical (unpaired) electrons. The van der Waals surface area contributed by atoms with E-state index >= 15 is 0 Å². The van der Waals surface area contributed by atoms with Crippen LogP contribution in [0.5, 0.6) is 0 Å². The first-order valence-electron chi connectivity index (χ1n) is 6.59. The molecular weight excluding hydrogens is 407 g/mol. The molecule has 0 spiro atoms. The summed E-state index contributed by atoms with van der Waals surface area (Å²) in [4.78, 5) is 10.6. The number of rotatable bonds is 5. The van der Waals surface area contributed by atoms with Crippen molar-refractivity contribution in [1.29, 1.82) is 0 Å². The number of alkyl halides is 1. The van der Waals surface area contributed by atoms with Crippen molar-refractivity contribution in [2.24, 2.45) is 11.8 Å². The molecule has 1 heterocycles. The fourth-order valence-corrected chi connectivity index (χ4v) is 5.08. The number of halogens is 1. The third-order valence-electron chi connectivity index (χ3n) is 3.78. The summed E-state index contributed by atoms with van der Waals surface area (Å²) >= 11 is 2.16. The van der Waals surface area contributed by atoms with Crippen molar-refractivity contribution < 1.29 is 13.3 Å². The van der Waals surface area contributed by atoms with Gasteiger partial charge in [-0.2, -0.15) is 4.31 Å². The van der Waals surface area contributed by atoms with Crippen molar-refractivity contribution in [3.05, 3.63) is 39.9 Å². The first-order chi connectivity index (χ1) is 9.84. The monoisotopic (exact) mass is 424 g/mol. The lowest BCUT2D eigenvalue weighted by molar-refractivity contribution is -0.488. The number of nitro groups is 1. The van der Waals surface area contributed by atoms with Crippen LogP contribution in [0.15, 0.2) is 29.2 Å². The van der Waals surface area contributed by atoms with E-state index in [1.807, 2.05) is 6.92 Å². The molecule has 0 N–H and O–H groups in total. The topological polar surface area (TPSA) is 80.5 Å². The maximum absolute atomic E-state index is 12.6. The lowest BCUT2D eigenvalue weighted by Gasteiger charge is -2.16. The van der Waals surface area contributed by atoms with Gasteiger partial charge in [0, 0.05) is 28.4 Å². The average molecular weight is 424 g/mol. The van der Waals surface area contributed by atoms with Crippen LogP contribution in [0.2, 0.25) is 0 Å². The van der Waals surface area contributed by atoms with Gasteiger partial charge in [-0.15, -0.1) is 0 Å². The van der Waals surface area contributed by atoms with Gasteiger partial charge in [0.05, 0.1) is 4.90 Å². The molecule has 1 fully saturated rings. The van der Waals surface area contributed by atoms with Gasteiger partial charge in [0.25, 0.3) is 0 Å². The molecule has 2 atom stereocenters. The quantitative estimate of drug-likeness (QED) is 0.313. The lowest BCUT2D eigenvalue weighted by Crippen LogP contribution is -2.29. The molecule has 6 nitrogen and oxygen atoms in total. The Morgan fingerprint density at radius 3 is 2.38 bits per heavy atom. The molecule has 1 aliphatic heterocycles. The predicted molar refractivity (Wildman–Crippen MR) is 87.7 cm³/mol. The van der Waals surface area contributed by atoms with Crippen molar-refractivity contribution in [2.75, 3.05) is 24.1 Å². The number of aryl methyl sites for hydroxylation is 1. The number of sulfonamides is 1. The normalized spacial score (nSPS) is 23.3. The predicted octanol–water partition coefficient (Wildman–Crippen LogP) is 1.94. The maximum atomic E-state index is 12.6. The van der Waals surface area contributed by atoms with Gasteiger partial charge in [-0.3, -0.25) is 10.1 Å². The SMILES string of the molecule is Cc1ccc(S(=O)(=O)N2CC(CI)C(C[N+](=O)[O-])C2)cc1. The Labute approximate surface area is 137 Å². The standard InChI is InChI=1S/C13H17IN2O4S/c1-10-2-4-13(5-3-10)21(19,20)15-7-11(6-14)12(8-15)9-16(17)18/h2-5,11-12H,6-9H2,1H3. The molecule has 21 heavy (non-hydrogen) atoms. The molecule has 1 aliphatic rings. The highest BCUT2D eigenvalue weighted by atomic mass is 127. The van der Waals surface area contributed by atoms with Crippen molar-refractivity contribution in [3.63, 3.8) is 0 Å². The number of hydrogen-bond acceptors (Lipinski definition) is 4. The van der Waals surface area contributed by atoms with E-state index in [-0.39, 0.29) is 34.7 Å². The Bertz CT molecular complexity index is 618. The van der Waals surface area contributed by atoms with Crippen molar-refractivity contribution in [1.82, 2.24) is 4.31 Å². The van der Waals surface area contributed by atoms with E-state index in [9.17, 15) is 18.5 Å². The smallest absolute Gasteiger partial charge is 0.243 e. The Balaban J connectivity index is 2.21. The minimum absolute atomic E-state index is 0.0382. The van der Waals surface area contributed by atoms with Crippen LogP contribution in [0.4, 0.5) is 0 Å². The molecular formula is C13H17IN2O4S. The second kappa shape index (κ2) is 6.57. The van der Waals surface area contributed by atoms with Crippen molar-refractivity contribution in [3.8, 4) is 0 Å². The minimum Gasteiger partial charge on any atom is -0.265 e. The molecule has 0 amide bonds. The van der Waals surface area contributed by atoms with E-state index in [2.05, 4.69) is 22.6 Å². The summed E-state index contributed by atoms with van der Waals surface area (Å²) in [6.45, 7) is 2.31. The Morgan fingerprint density at radius 2 is 1.86 bits per heavy atom. The van der Waals surface area contributed by atoms with E-state index in [0.717, 1.165) is 9.99 Å². The number of hydrogen-bond donors (Lipinski definition) is 0. The summed E-state index contributed by atoms with van der Waals surface area (Å²) in [5, 5.41) is 10.7. The molecule has 1 aromatic carbocycles. The molecule has 2 unspecified atom stereocenters. The van der Waals surface area contributed by atoms with Gasteiger partial charge in [-0.1, -0.05) is 40.3 Å². The fraction of sp³-hybridized carbons (Fsp3) is 0.538. The van der Waals surface area contributed by atoms with Gasteiger partial charge in [0.2, 0.25) is 16.6 Å². The van der Waals surface area contributed by atoms with Crippen LogP contribution in [0.1, 0.15) is 5.56 Å². The van der Waals surface area contributed by atoms with E-state index in [1.165, 1.54) is 4.31 Å². The summed E-state index contributed by atoms with van der Waals surface area (Å²) in [6.07, 6.45) is 0. The lowest BCUT2D eigenvalue weighted by atomic mass is 9.99. The van der Waals surface area contributed by atoms with Crippen molar-refractivity contribution in [2.45, 2.75) is 11.8 Å². The first kappa shape index (κ1) is 16.6. The molecule has 0 aliphatic carbocycles. The summed E-state index contributed by atoms with van der Waals surface area (Å²) < 4.78 is 27.3. The van der Waals surface area contributed by atoms with Crippen molar-refractivity contribution >= 4 is 32.6 Å². The van der Waals surface area contributed by atoms with Crippen LogP contribution in [0, 0.1) is 28.9 Å². The van der Waals surface area contributed by atoms with Gasteiger partial charge in [0.1, 0.15) is 0 Å². The minimum atomic E-state index is -3.56. The second-order valence-corrected chi connectivity index (χ2v) is 8.14. The van der Waals surface area contributed by atoms with Crippen LogP contribution in [0.25, 0.3) is 0 Å². The number of nitrogens with zero attached hydrogens (tertiary/aromatic N) is 2. The average Bonchev–Trinajstić information content (AvgIpc) is 2.82. The van der Waals surface area contributed by atoms with E-state index in [1.54, 1.807) is 24.3 Å². The second-order valence-electron chi connectivity index (χ2n) is 5.32. The van der Waals surface area contributed by atoms with E-state index in [0.29, 0.717) is 6.54 Å². The molecule has 1 saturated heterocycles. The van der Waals surface area contributed by atoms with Gasteiger partial charge >= 0.3 is 0 Å². The van der Waals surface area contributed by atoms with Gasteiger partial charge < -0.3 is 0 Å². The number of benzene rings is 1. The Kier molecular flexibility index (Phi) is 5.20. The van der Waals surface area contributed by atoms with Crippen LogP contribution in [0.3, 0.4) is 0 Å². The molecule has 8 heteroatoms. The summed E-state index contributed by atoms with van der Waals surface area (Å²) in [7, 11) is -3.56. The summed E-state index contributed by atoms with van der Waals surface area (Å²) in [5.74, 6) is -0.173. The fourth-order valence-electron chi connectivity index (χ4n) is 2.52. The highest BCUT2D eigenvalue weighted by Crippen LogP contribution is 2.30. The highest BCUT2D eigenvalue weighted by molar-refractivity contribution is 14.1. The molecule has 0 aromatic heterocycles. The zero-order valence-electron chi connectivity index (χ0n) is 11.6. The maximum Gasteiger partial charge on any atom is 0.243 e. The molecule has 0 saturated carbocycles. The molecule has 1 aromatic rings. The van der Waals surface area contributed by atoms with Crippen LogP contribution in [-0.4, -0.2) is 41.7 Å². The Morgan fingerprint density at radius 1 is 1.29 bits per heavy atom. The molecule has 2 rings (SSSR count). The van der Waals surface area contributed by atoms with Gasteiger partial charge in [0.15, 0.2) is 0 Å². The molecule has 0 bridgehead atoms. The molecule has 116 valence electrons. The first-order valence-corrected chi connectivity index (χ1v) is 9.55. The van der Waals surface area contributed by atoms with Crippen LogP contribution in [-0.2, 0) is 10.0 Å². The zero-order chi connectivity index (χ0) is 15.6. The third kappa shape index (κ3) is 3.72. The van der Waals surface area contributed by atoms with E-state index in [4.69, 9.17) is 0 Å². The van der Waals surface area contributed by atoms with E-state index < -0.39 is 10.0 Å². The third-order valence-corrected chi connectivity index (χ3v) is 6.76. The van der Waals surface area contributed by atoms with Crippen LogP contribution >= 0.6 is 22.6 Å². The largest absolute Gasteiger partial charge is 0.265 e. The van der Waals surface area contributed by atoms with Gasteiger partial charge in [-0.05, 0) is 25.0 Å². The van der Waals surface area contributed by atoms with Gasteiger partial charge in [-0.25, -0.2) is 8.42 Å².